The van der Waals surface area contributed by atoms with Gasteiger partial charge >= 0.3 is 6.03 Å². The number of ether oxygens (including phenoxy) is 1. The summed E-state index contributed by atoms with van der Waals surface area (Å²) < 4.78 is 7.54. The number of likely N-dealkylation sites (tertiary alicyclic amines) is 1. The number of unbranched alkanes of at least 4 members (excludes halogenated alkanes) is 1. The number of urea groups is 1. The first-order valence-electron chi connectivity index (χ1n) is 9.04. The molecule has 0 radical (unpaired) electrons. The van der Waals surface area contributed by atoms with Crippen LogP contribution in [-0.2, 0) is 6.54 Å². The van der Waals surface area contributed by atoms with E-state index in [1.807, 2.05) is 46.1 Å². The van der Waals surface area contributed by atoms with Crippen molar-refractivity contribution in [3.05, 3.63) is 42.7 Å². The lowest BCUT2D eigenvalue weighted by atomic mass is 10.2. The highest BCUT2D eigenvalue weighted by molar-refractivity contribution is 5.89. The Bertz CT molecular complexity index is 655. The van der Waals surface area contributed by atoms with Crippen molar-refractivity contribution in [1.29, 1.82) is 0 Å². The zero-order valence-corrected chi connectivity index (χ0v) is 14.7. The Morgan fingerprint density at radius 2 is 2.20 bits per heavy atom. The number of nitrogens with zero attached hydrogens (tertiary/aromatic N) is 3. The summed E-state index contributed by atoms with van der Waals surface area (Å²) in [6, 6.07) is 9.62. The van der Waals surface area contributed by atoms with Gasteiger partial charge in [0.15, 0.2) is 0 Å². The van der Waals surface area contributed by atoms with Crippen LogP contribution in [0.2, 0.25) is 0 Å². The Hall–Kier alpha value is -2.50. The van der Waals surface area contributed by atoms with E-state index in [1.54, 1.807) is 6.20 Å². The summed E-state index contributed by atoms with van der Waals surface area (Å²) >= 11 is 0. The molecular weight excluding hydrogens is 316 g/mol. The Labute approximate surface area is 148 Å². The van der Waals surface area contributed by atoms with Crippen LogP contribution in [0.25, 0.3) is 0 Å². The molecule has 0 saturated carbocycles. The number of nitrogens with one attached hydrogen (secondary N) is 1. The van der Waals surface area contributed by atoms with E-state index >= 15 is 0 Å². The molecule has 1 aliphatic heterocycles. The van der Waals surface area contributed by atoms with Crippen LogP contribution in [0.4, 0.5) is 10.5 Å². The molecule has 2 amide bonds. The molecule has 0 bridgehead atoms. The summed E-state index contributed by atoms with van der Waals surface area (Å²) in [4.78, 5) is 14.5. The van der Waals surface area contributed by atoms with Crippen molar-refractivity contribution in [1.82, 2.24) is 14.7 Å². The summed E-state index contributed by atoms with van der Waals surface area (Å²) in [6.07, 6.45) is 7.91. The third-order valence-electron chi connectivity index (χ3n) is 4.47. The van der Waals surface area contributed by atoms with Crippen molar-refractivity contribution in [2.24, 2.45) is 0 Å². The fourth-order valence-electron chi connectivity index (χ4n) is 3.08. The number of anilines is 1. The highest BCUT2D eigenvalue weighted by Crippen LogP contribution is 2.21. The highest BCUT2D eigenvalue weighted by atomic mass is 16.5. The maximum atomic E-state index is 12.6. The van der Waals surface area contributed by atoms with E-state index < -0.39 is 0 Å². The van der Waals surface area contributed by atoms with E-state index in [0.29, 0.717) is 0 Å². The van der Waals surface area contributed by atoms with E-state index in [0.717, 1.165) is 56.8 Å². The molecule has 2 aromatic rings. The normalized spacial score (nSPS) is 16.8. The van der Waals surface area contributed by atoms with E-state index in [-0.39, 0.29) is 12.1 Å². The minimum atomic E-state index is -0.0469. The Morgan fingerprint density at radius 1 is 1.36 bits per heavy atom. The van der Waals surface area contributed by atoms with Gasteiger partial charge in [0.05, 0.1) is 19.2 Å². The molecule has 1 aromatic carbocycles. The lowest BCUT2D eigenvalue weighted by Gasteiger charge is -2.25. The van der Waals surface area contributed by atoms with E-state index in [9.17, 15) is 4.79 Å². The van der Waals surface area contributed by atoms with Gasteiger partial charge in [-0.05, 0) is 49.6 Å². The van der Waals surface area contributed by atoms with Crippen molar-refractivity contribution in [2.45, 2.75) is 45.2 Å². The number of hydrogen-bond donors (Lipinski definition) is 1. The number of carbonyl (C=O) groups excluding carboxylic acids is 1. The van der Waals surface area contributed by atoms with Crippen LogP contribution < -0.4 is 10.1 Å². The van der Waals surface area contributed by atoms with Crippen molar-refractivity contribution >= 4 is 11.7 Å². The van der Waals surface area contributed by atoms with Crippen LogP contribution in [0.15, 0.2) is 42.7 Å². The molecule has 0 aliphatic carbocycles. The molecule has 1 aromatic heterocycles. The smallest absolute Gasteiger partial charge is 0.322 e. The first-order chi connectivity index (χ1) is 12.3. The number of benzene rings is 1. The van der Waals surface area contributed by atoms with Crippen LogP contribution in [0, 0.1) is 0 Å². The first-order valence-corrected chi connectivity index (χ1v) is 9.04. The summed E-state index contributed by atoms with van der Waals surface area (Å²) in [5, 5.41) is 7.23. The highest BCUT2D eigenvalue weighted by Gasteiger charge is 2.29. The second-order valence-corrected chi connectivity index (χ2v) is 6.37. The molecule has 3 rings (SSSR count). The number of rotatable bonds is 7. The zero-order valence-electron chi connectivity index (χ0n) is 14.7. The molecule has 25 heavy (non-hydrogen) atoms. The van der Waals surface area contributed by atoms with Crippen molar-refractivity contribution in [3.8, 4) is 5.75 Å². The largest absolute Gasteiger partial charge is 0.494 e. The van der Waals surface area contributed by atoms with Gasteiger partial charge in [-0.2, -0.15) is 5.10 Å². The number of carbonyl (C=O) groups is 1. The summed E-state index contributed by atoms with van der Waals surface area (Å²) in [5.41, 5.74) is 0.789. The summed E-state index contributed by atoms with van der Waals surface area (Å²) in [5.74, 6) is 0.837. The zero-order chi connectivity index (χ0) is 17.5. The van der Waals surface area contributed by atoms with Gasteiger partial charge in [-0.25, -0.2) is 4.79 Å². The molecule has 1 fully saturated rings. The lowest BCUT2D eigenvalue weighted by Crippen LogP contribution is -2.40. The molecule has 1 unspecified atom stereocenters. The number of aromatic nitrogens is 2. The third kappa shape index (κ3) is 4.75. The fraction of sp³-hybridized carbons (Fsp3) is 0.474. The number of amides is 2. The Balaban J connectivity index is 1.54. The molecule has 6 heteroatoms. The van der Waals surface area contributed by atoms with Gasteiger partial charge in [-0.15, -0.1) is 0 Å². The average Bonchev–Trinajstić information content (AvgIpc) is 3.29. The van der Waals surface area contributed by atoms with Crippen LogP contribution in [0.1, 0.15) is 32.6 Å². The van der Waals surface area contributed by atoms with Crippen molar-refractivity contribution in [3.63, 3.8) is 0 Å². The molecule has 6 nitrogen and oxygen atoms in total. The first kappa shape index (κ1) is 17.3. The molecule has 1 atom stereocenters. The molecule has 1 aliphatic rings. The van der Waals surface area contributed by atoms with E-state index in [2.05, 4.69) is 17.3 Å². The van der Waals surface area contributed by atoms with E-state index in [4.69, 9.17) is 4.74 Å². The maximum absolute atomic E-state index is 12.6. The molecular formula is C19H26N4O2. The number of hydrogen-bond acceptors (Lipinski definition) is 3. The quantitative estimate of drug-likeness (QED) is 0.780. The molecule has 1 N–H and O–H groups in total. The monoisotopic (exact) mass is 342 g/mol. The Kier molecular flexibility index (Phi) is 5.93. The van der Waals surface area contributed by atoms with Crippen molar-refractivity contribution < 1.29 is 9.53 Å². The van der Waals surface area contributed by atoms with Crippen molar-refractivity contribution in [2.75, 3.05) is 18.5 Å². The van der Waals surface area contributed by atoms with E-state index in [1.165, 1.54) is 0 Å². The van der Waals surface area contributed by atoms with Crippen LogP contribution in [0.3, 0.4) is 0 Å². The standard InChI is InChI=1S/C19H26N4O2/c1-2-3-14-25-18-9-7-16(8-10-18)21-19(24)23-13-4-6-17(23)15-22-12-5-11-20-22/h5,7-12,17H,2-4,6,13-15H2,1H3,(H,21,24). The van der Waals surface area contributed by atoms with Crippen LogP contribution in [-0.4, -0.2) is 39.9 Å². The SMILES string of the molecule is CCCCOc1ccc(NC(=O)N2CCCC2Cn2cccn2)cc1. The predicted molar refractivity (Wildman–Crippen MR) is 97.8 cm³/mol. The second kappa shape index (κ2) is 8.55. The van der Waals surface area contributed by atoms with Gasteiger partial charge in [0.1, 0.15) is 5.75 Å². The minimum Gasteiger partial charge on any atom is -0.494 e. The topological polar surface area (TPSA) is 59.4 Å². The minimum absolute atomic E-state index is 0.0469. The third-order valence-corrected chi connectivity index (χ3v) is 4.47. The molecule has 2 heterocycles. The molecule has 134 valence electrons. The second-order valence-electron chi connectivity index (χ2n) is 6.37. The van der Waals surface area contributed by atoms with Crippen LogP contribution >= 0.6 is 0 Å². The lowest BCUT2D eigenvalue weighted by molar-refractivity contribution is 0.199. The fourth-order valence-corrected chi connectivity index (χ4v) is 3.08. The molecule has 1 saturated heterocycles. The maximum Gasteiger partial charge on any atom is 0.322 e. The summed E-state index contributed by atoms with van der Waals surface area (Å²) in [7, 11) is 0. The van der Waals surface area contributed by atoms with Gasteiger partial charge in [0.25, 0.3) is 0 Å². The average molecular weight is 342 g/mol. The van der Waals surface area contributed by atoms with Gasteiger partial charge in [-0.1, -0.05) is 13.3 Å². The molecule has 0 spiro atoms. The van der Waals surface area contributed by atoms with Gasteiger partial charge in [0, 0.05) is 24.6 Å². The van der Waals surface area contributed by atoms with Gasteiger partial charge in [-0.3, -0.25) is 4.68 Å². The van der Waals surface area contributed by atoms with Crippen LogP contribution in [0.5, 0.6) is 5.75 Å². The predicted octanol–water partition coefficient (Wildman–Crippen LogP) is 3.76. The summed E-state index contributed by atoms with van der Waals surface area (Å²) in [6.45, 7) is 4.39. The van der Waals surface area contributed by atoms with Gasteiger partial charge < -0.3 is 15.0 Å². The Morgan fingerprint density at radius 3 is 2.92 bits per heavy atom. The van der Waals surface area contributed by atoms with Gasteiger partial charge in [0.2, 0.25) is 0 Å².